The molecule has 1 unspecified atom stereocenters. The summed E-state index contributed by atoms with van der Waals surface area (Å²) in [6.07, 6.45) is 0.170. The molecule has 0 fully saturated rings. The molecule has 0 aliphatic rings. The minimum atomic E-state index is -0.744. The van der Waals surface area contributed by atoms with Crippen molar-refractivity contribution in [1.29, 1.82) is 0 Å². The molecule has 0 rings (SSSR count). The highest BCUT2D eigenvalue weighted by atomic mass is 16.4. The van der Waals surface area contributed by atoms with Crippen LogP contribution in [0.3, 0.4) is 0 Å². The Hall–Kier alpha value is -0.570. The number of carboxylic acids is 1. The topological polar surface area (TPSA) is 40.5 Å². The fourth-order valence-electron chi connectivity index (χ4n) is 1.39. The third kappa shape index (κ3) is 2.69. The first kappa shape index (κ1) is 12.4. The number of hydrogen-bond donors (Lipinski definition) is 1. The second-order valence-corrected chi connectivity index (χ2v) is 4.99. The van der Waals surface area contributed by atoms with E-state index in [0.717, 1.165) is 0 Å². The number of hydrogen-bond acceptors (Lipinski definition) is 2. The molecule has 0 amide bonds. The SMILES string of the molecule is CN(C)C(C)(CC(=O)O)C(C)(C)C. The smallest absolute Gasteiger partial charge is 0.305 e. The summed E-state index contributed by atoms with van der Waals surface area (Å²) in [6.45, 7) is 8.18. The molecule has 0 spiro atoms. The van der Waals surface area contributed by atoms with Crippen LogP contribution < -0.4 is 0 Å². The van der Waals surface area contributed by atoms with Crippen molar-refractivity contribution in [3.05, 3.63) is 0 Å². The van der Waals surface area contributed by atoms with E-state index in [-0.39, 0.29) is 17.4 Å². The lowest BCUT2D eigenvalue weighted by atomic mass is 9.72. The van der Waals surface area contributed by atoms with Gasteiger partial charge in [-0.2, -0.15) is 0 Å². The third-order valence-corrected chi connectivity index (χ3v) is 3.10. The van der Waals surface area contributed by atoms with Gasteiger partial charge >= 0.3 is 5.97 Å². The van der Waals surface area contributed by atoms with Crippen molar-refractivity contribution in [1.82, 2.24) is 4.90 Å². The molecule has 0 aromatic rings. The lowest BCUT2D eigenvalue weighted by Crippen LogP contribution is -2.52. The molecule has 0 aliphatic carbocycles. The standard InChI is InChI=1S/C10H21NO2/c1-9(2,3)10(4,11(5)6)7-8(12)13/h7H2,1-6H3,(H,12,13). The molecule has 0 heterocycles. The Morgan fingerprint density at radius 1 is 1.23 bits per heavy atom. The fourth-order valence-corrected chi connectivity index (χ4v) is 1.39. The zero-order valence-corrected chi connectivity index (χ0v) is 9.51. The average Bonchev–Trinajstić information content (AvgIpc) is 1.82. The van der Waals surface area contributed by atoms with Gasteiger partial charge in [-0.05, 0) is 26.4 Å². The van der Waals surface area contributed by atoms with Crippen LogP contribution in [0.1, 0.15) is 34.1 Å². The van der Waals surface area contributed by atoms with Gasteiger partial charge < -0.3 is 10.0 Å². The molecule has 1 N–H and O–H groups in total. The Labute approximate surface area is 80.7 Å². The molecule has 0 aromatic carbocycles. The Balaban J connectivity index is 4.85. The lowest BCUT2D eigenvalue weighted by molar-refractivity contribution is -0.142. The van der Waals surface area contributed by atoms with Crippen molar-refractivity contribution in [3.63, 3.8) is 0 Å². The minimum Gasteiger partial charge on any atom is -0.481 e. The number of nitrogens with zero attached hydrogens (tertiary/aromatic N) is 1. The fraction of sp³-hybridized carbons (Fsp3) is 0.900. The monoisotopic (exact) mass is 187 g/mol. The number of aliphatic carboxylic acids is 1. The van der Waals surface area contributed by atoms with Gasteiger partial charge in [-0.1, -0.05) is 20.8 Å². The Morgan fingerprint density at radius 2 is 1.62 bits per heavy atom. The van der Waals surface area contributed by atoms with Crippen molar-refractivity contribution in [2.24, 2.45) is 5.41 Å². The second-order valence-electron chi connectivity index (χ2n) is 4.99. The third-order valence-electron chi connectivity index (χ3n) is 3.10. The summed E-state index contributed by atoms with van der Waals surface area (Å²) in [5.41, 5.74) is -0.353. The first-order chi connectivity index (χ1) is 5.61. The number of carbonyl (C=O) groups is 1. The molecular formula is C10H21NO2. The highest BCUT2D eigenvalue weighted by Crippen LogP contribution is 2.36. The molecule has 0 radical (unpaired) electrons. The summed E-state index contributed by atoms with van der Waals surface area (Å²) in [6, 6.07) is 0. The van der Waals surface area contributed by atoms with E-state index in [2.05, 4.69) is 20.8 Å². The molecule has 3 heteroatoms. The molecule has 0 aromatic heterocycles. The van der Waals surface area contributed by atoms with E-state index in [1.807, 2.05) is 25.9 Å². The quantitative estimate of drug-likeness (QED) is 0.732. The van der Waals surface area contributed by atoms with E-state index >= 15 is 0 Å². The van der Waals surface area contributed by atoms with Gasteiger partial charge in [-0.3, -0.25) is 4.79 Å². The second kappa shape index (κ2) is 3.66. The van der Waals surface area contributed by atoms with E-state index in [0.29, 0.717) is 0 Å². The maximum atomic E-state index is 10.7. The molecule has 78 valence electrons. The van der Waals surface area contributed by atoms with E-state index in [1.54, 1.807) is 0 Å². The molecule has 0 bridgehead atoms. The van der Waals surface area contributed by atoms with Crippen LogP contribution in [-0.4, -0.2) is 35.6 Å². The zero-order chi connectivity index (χ0) is 10.9. The summed E-state index contributed by atoms with van der Waals surface area (Å²) in [5, 5.41) is 8.83. The van der Waals surface area contributed by atoms with Crippen molar-refractivity contribution in [3.8, 4) is 0 Å². The minimum absolute atomic E-state index is 0.0467. The lowest BCUT2D eigenvalue weighted by Gasteiger charge is -2.46. The largest absolute Gasteiger partial charge is 0.481 e. The zero-order valence-electron chi connectivity index (χ0n) is 9.51. The molecule has 0 saturated heterocycles. The highest BCUT2D eigenvalue weighted by Gasteiger charge is 2.41. The van der Waals surface area contributed by atoms with Crippen LogP contribution in [0.25, 0.3) is 0 Å². The Bertz CT molecular complexity index is 194. The van der Waals surface area contributed by atoms with E-state index in [4.69, 9.17) is 5.11 Å². The van der Waals surface area contributed by atoms with Crippen LogP contribution in [0.4, 0.5) is 0 Å². The van der Waals surface area contributed by atoms with Gasteiger partial charge in [0.15, 0.2) is 0 Å². The van der Waals surface area contributed by atoms with E-state index < -0.39 is 5.97 Å². The van der Waals surface area contributed by atoms with Crippen LogP contribution >= 0.6 is 0 Å². The summed E-state index contributed by atoms with van der Waals surface area (Å²) < 4.78 is 0. The van der Waals surface area contributed by atoms with E-state index in [9.17, 15) is 4.79 Å². The van der Waals surface area contributed by atoms with Gasteiger partial charge in [0.1, 0.15) is 0 Å². The molecule has 0 saturated carbocycles. The predicted octanol–water partition coefficient (Wildman–Crippen LogP) is 1.83. The van der Waals surface area contributed by atoms with E-state index in [1.165, 1.54) is 0 Å². The van der Waals surface area contributed by atoms with Gasteiger partial charge in [0, 0.05) is 5.54 Å². The normalized spacial score (nSPS) is 17.2. The maximum Gasteiger partial charge on any atom is 0.305 e. The van der Waals surface area contributed by atoms with Crippen LogP contribution in [0, 0.1) is 5.41 Å². The number of carboxylic acid groups (broad SMARTS) is 1. The first-order valence-electron chi connectivity index (χ1n) is 4.50. The van der Waals surface area contributed by atoms with Gasteiger partial charge in [0.05, 0.1) is 6.42 Å². The summed E-state index contributed by atoms with van der Waals surface area (Å²) >= 11 is 0. The van der Waals surface area contributed by atoms with Crippen LogP contribution in [0.2, 0.25) is 0 Å². The van der Waals surface area contributed by atoms with Crippen molar-refractivity contribution in [2.75, 3.05) is 14.1 Å². The molecule has 3 nitrogen and oxygen atoms in total. The van der Waals surface area contributed by atoms with Gasteiger partial charge in [-0.25, -0.2) is 0 Å². The maximum absolute atomic E-state index is 10.7. The van der Waals surface area contributed by atoms with Crippen LogP contribution in [0.5, 0.6) is 0 Å². The van der Waals surface area contributed by atoms with Crippen molar-refractivity contribution >= 4 is 5.97 Å². The van der Waals surface area contributed by atoms with Crippen molar-refractivity contribution < 1.29 is 9.90 Å². The Morgan fingerprint density at radius 3 is 1.69 bits per heavy atom. The molecule has 1 atom stereocenters. The highest BCUT2D eigenvalue weighted by molar-refractivity contribution is 5.68. The summed E-state index contributed by atoms with van der Waals surface area (Å²) in [7, 11) is 3.85. The Kier molecular flexibility index (Phi) is 3.50. The molecule has 13 heavy (non-hydrogen) atoms. The van der Waals surface area contributed by atoms with Gasteiger partial charge in [-0.15, -0.1) is 0 Å². The summed E-state index contributed by atoms with van der Waals surface area (Å²) in [4.78, 5) is 12.7. The molecular weight excluding hydrogens is 166 g/mol. The van der Waals surface area contributed by atoms with Crippen molar-refractivity contribution in [2.45, 2.75) is 39.7 Å². The number of rotatable bonds is 3. The summed E-state index contributed by atoms with van der Waals surface area (Å²) in [5.74, 6) is -0.744. The van der Waals surface area contributed by atoms with Crippen LogP contribution in [0.15, 0.2) is 0 Å². The first-order valence-corrected chi connectivity index (χ1v) is 4.50. The van der Waals surface area contributed by atoms with Gasteiger partial charge in [0.2, 0.25) is 0 Å². The average molecular weight is 187 g/mol. The van der Waals surface area contributed by atoms with Crippen LogP contribution in [-0.2, 0) is 4.79 Å². The molecule has 0 aliphatic heterocycles. The van der Waals surface area contributed by atoms with Gasteiger partial charge in [0.25, 0.3) is 0 Å². The predicted molar refractivity (Wildman–Crippen MR) is 53.8 cm³/mol.